The van der Waals surface area contributed by atoms with Crippen molar-refractivity contribution >= 4 is 34.7 Å². The van der Waals surface area contributed by atoms with Gasteiger partial charge in [-0.3, -0.25) is 14.4 Å². The minimum Gasteiger partial charge on any atom is -0.347 e. The molecule has 0 atom stereocenters. The van der Waals surface area contributed by atoms with Crippen LogP contribution in [-0.2, 0) is 4.79 Å². The van der Waals surface area contributed by atoms with Crippen LogP contribution < -0.4 is 10.6 Å². The summed E-state index contributed by atoms with van der Waals surface area (Å²) >= 11 is 1.34. The Labute approximate surface area is 138 Å². The number of thiophene rings is 1. The zero-order valence-corrected chi connectivity index (χ0v) is 13.6. The van der Waals surface area contributed by atoms with Crippen molar-refractivity contribution in [3.8, 4) is 0 Å². The van der Waals surface area contributed by atoms with E-state index in [1.165, 1.54) is 16.2 Å². The van der Waals surface area contributed by atoms with Crippen molar-refractivity contribution < 1.29 is 14.4 Å². The van der Waals surface area contributed by atoms with Gasteiger partial charge in [-0.25, -0.2) is 0 Å². The van der Waals surface area contributed by atoms with E-state index in [4.69, 9.17) is 0 Å². The molecule has 1 aromatic carbocycles. The number of nitrogens with zero attached hydrogens (tertiary/aromatic N) is 1. The third-order valence-electron chi connectivity index (χ3n) is 3.03. The second-order valence-corrected chi connectivity index (χ2v) is 5.93. The molecule has 1 aromatic heterocycles. The molecular weight excluding hydrogens is 314 g/mol. The molecule has 2 aromatic rings. The Kier molecular flexibility index (Phi) is 5.48. The van der Waals surface area contributed by atoms with E-state index in [9.17, 15) is 14.4 Å². The first-order valence-electron chi connectivity index (χ1n) is 6.90. The predicted molar refractivity (Wildman–Crippen MR) is 89.7 cm³/mol. The molecule has 2 N–H and O–H groups in total. The van der Waals surface area contributed by atoms with E-state index in [-0.39, 0.29) is 24.3 Å². The molecule has 0 aliphatic heterocycles. The van der Waals surface area contributed by atoms with Gasteiger partial charge in [0.2, 0.25) is 5.91 Å². The maximum atomic E-state index is 12.0. The lowest BCUT2D eigenvalue weighted by atomic mass is 10.2. The highest BCUT2D eigenvalue weighted by atomic mass is 32.1. The van der Waals surface area contributed by atoms with Crippen molar-refractivity contribution in [2.45, 2.75) is 0 Å². The lowest BCUT2D eigenvalue weighted by Crippen LogP contribution is -2.36. The summed E-state index contributed by atoms with van der Waals surface area (Å²) in [6, 6.07) is 10.1. The van der Waals surface area contributed by atoms with Gasteiger partial charge in [0.25, 0.3) is 11.8 Å². The van der Waals surface area contributed by atoms with Crippen LogP contribution in [0.1, 0.15) is 20.0 Å². The normalized spacial score (nSPS) is 10.0. The van der Waals surface area contributed by atoms with Gasteiger partial charge >= 0.3 is 0 Å². The fourth-order valence-corrected chi connectivity index (χ4v) is 2.37. The molecule has 2 rings (SSSR count). The molecule has 120 valence electrons. The Bertz CT molecular complexity index is 711. The minimum absolute atomic E-state index is 0.0718. The fourth-order valence-electron chi connectivity index (χ4n) is 1.75. The lowest BCUT2D eigenvalue weighted by Gasteiger charge is -2.11. The van der Waals surface area contributed by atoms with Crippen LogP contribution in [0.5, 0.6) is 0 Å². The number of likely N-dealkylation sites (N-methyl/N-ethyl adjacent to an activating group) is 1. The van der Waals surface area contributed by atoms with Crippen LogP contribution in [-0.4, -0.2) is 43.3 Å². The van der Waals surface area contributed by atoms with Crippen molar-refractivity contribution in [3.05, 3.63) is 52.2 Å². The fraction of sp³-hybridized carbons (Fsp3) is 0.188. The molecule has 0 saturated carbocycles. The highest BCUT2D eigenvalue weighted by Gasteiger charge is 2.11. The number of hydrogen-bond donors (Lipinski definition) is 2. The number of benzene rings is 1. The monoisotopic (exact) mass is 331 g/mol. The van der Waals surface area contributed by atoms with E-state index in [0.717, 1.165) is 0 Å². The topological polar surface area (TPSA) is 78.5 Å². The van der Waals surface area contributed by atoms with Gasteiger partial charge < -0.3 is 15.5 Å². The van der Waals surface area contributed by atoms with E-state index >= 15 is 0 Å². The molecule has 0 fully saturated rings. The van der Waals surface area contributed by atoms with Crippen LogP contribution in [0.3, 0.4) is 0 Å². The molecule has 6 nitrogen and oxygen atoms in total. The molecule has 0 spiro atoms. The quantitative estimate of drug-likeness (QED) is 0.877. The van der Waals surface area contributed by atoms with Crippen LogP contribution in [0.2, 0.25) is 0 Å². The largest absolute Gasteiger partial charge is 0.347 e. The smallest absolute Gasteiger partial charge is 0.265 e. The molecule has 0 bridgehead atoms. The third kappa shape index (κ3) is 4.65. The molecule has 7 heteroatoms. The first kappa shape index (κ1) is 16.7. The second-order valence-electron chi connectivity index (χ2n) is 4.98. The molecule has 0 unspecified atom stereocenters. The lowest BCUT2D eigenvalue weighted by molar-refractivity contribution is -0.127. The van der Waals surface area contributed by atoms with E-state index in [0.29, 0.717) is 16.1 Å². The first-order chi connectivity index (χ1) is 11.0. The number of rotatable bonds is 5. The maximum absolute atomic E-state index is 12.0. The number of hydrogen-bond acceptors (Lipinski definition) is 4. The van der Waals surface area contributed by atoms with E-state index in [1.54, 1.807) is 50.5 Å². The molecule has 23 heavy (non-hydrogen) atoms. The summed E-state index contributed by atoms with van der Waals surface area (Å²) in [4.78, 5) is 37.5. The zero-order chi connectivity index (χ0) is 16.8. The van der Waals surface area contributed by atoms with Crippen molar-refractivity contribution in [2.24, 2.45) is 0 Å². The van der Waals surface area contributed by atoms with Gasteiger partial charge in [0.1, 0.15) is 0 Å². The highest BCUT2D eigenvalue weighted by molar-refractivity contribution is 7.12. The molecule has 3 amide bonds. The van der Waals surface area contributed by atoms with Gasteiger partial charge in [-0.05, 0) is 29.6 Å². The van der Waals surface area contributed by atoms with Gasteiger partial charge in [0.15, 0.2) is 0 Å². The van der Waals surface area contributed by atoms with Gasteiger partial charge in [-0.2, -0.15) is 0 Å². The Morgan fingerprint density at radius 2 is 1.87 bits per heavy atom. The van der Waals surface area contributed by atoms with Crippen LogP contribution >= 0.6 is 11.3 Å². The van der Waals surface area contributed by atoms with Crippen molar-refractivity contribution in [1.29, 1.82) is 0 Å². The Morgan fingerprint density at radius 3 is 2.52 bits per heavy atom. The Hall–Kier alpha value is -2.67. The van der Waals surface area contributed by atoms with Crippen LogP contribution in [0.15, 0.2) is 41.8 Å². The van der Waals surface area contributed by atoms with E-state index in [2.05, 4.69) is 10.6 Å². The van der Waals surface area contributed by atoms with Crippen LogP contribution in [0.25, 0.3) is 0 Å². The summed E-state index contributed by atoms with van der Waals surface area (Å²) in [5, 5.41) is 7.11. The van der Waals surface area contributed by atoms with E-state index < -0.39 is 0 Å². The molecule has 0 aliphatic carbocycles. The number of nitrogens with one attached hydrogen (secondary N) is 2. The number of carbonyl (C=O) groups is 3. The standard InChI is InChI=1S/C16H17N3O3S/c1-19(2)14(20)10-17-15(21)11-5-3-6-12(9-11)18-16(22)13-7-4-8-23-13/h3-9H,10H2,1-2H3,(H,17,21)(H,18,22). The van der Waals surface area contributed by atoms with Crippen LogP contribution in [0, 0.1) is 0 Å². The third-order valence-corrected chi connectivity index (χ3v) is 3.90. The maximum Gasteiger partial charge on any atom is 0.265 e. The minimum atomic E-state index is -0.368. The number of amides is 3. The average Bonchev–Trinajstić information content (AvgIpc) is 3.07. The van der Waals surface area contributed by atoms with Crippen molar-refractivity contribution in [3.63, 3.8) is 0 Å². The summed E-state index contributed by atoms with van der Waals surface area (Å²) in [7, 11) is 3.24. The molecule has 0 radical (unpaired) electrons. The summed E-state index contributed by atoms with van der Waals surface area (Å²) in [6.45, 7) is -0.0718. The first-order valence-corrected chi connectivity index (χ1v) is 7.78. The molecule has 1 heterocycles. The van der Waals surface area contributed by atoms with Gasteiger partial charge in [0, 0.05) is 25.3 Å². The molecule has 0 aliphatic rings. The number of anilines is 1. The molecular formula is C16H17N3O3S. The van der Waals surface area contributed by atoms with E-state index in [1.807, 2.05) is 5.38 Å². The summed E-state index contributed by atoms with van der Waals surface area (Å²) < 4.78 is 0. The second kappa shape index (κ2) is 7.55. The Balaban J connectivity index is 2.00. The zero-order valence-electron chi connectivity index (χ0n) is 12.8. The van der Waals surface area contributed by atoms with Crippen LogP contribution in [0.4, 0.5) is 5.69 Å². The summed E-state index contributed by atoms with van der Waals surface area (Å²) in [5.41, 5.74) is 0.899. The van der Waals surface area contributed by atoms with Crippen molar-refractivity contribution in [2.75, 3.05) is 26.0 Å². The highest BCUT2D eigenvalue weighted by Crippen LogP contribution is 2.14. The van der Waals surface area contributed by atoms with Crippen molar-refractivity contribution in [1.82, 2.24) is 10.2 Å². The Morgan fingerprint density at radius 1 is 1.09 bits per heavy atom. The summed E-state index contributed by atoms with van der Waals surface area (Å²) in [6.07, 6.45) is 0. The van der Waals surface area contributed by atoms with Gasteiger partial charge in [-0.1, -0.05) is 12.1 Å². The number of carbonyl (C=O) groups excluding carboxylic acids is 3. The predicted octanol–water partition coefficient (Wildman–Crippen LogP) is 1.82. The summed E-state index contributed by atoms with van der Waals surface area (Å²) in [5.74, 6) is -0.784. The molecule has 0 saturated heterocycles. The van der Waals surface area contributed by atoms with Gasteiger partial charge in [0.05, 0.1) is 11.4 Å². The van der Waals surface area contributed by atoms with Gasteiger partial charge in [-0.15, -0.1) is 11.3 Å². The average molecular weight is 331 g/mol. The SMILES string of the molecule is CN(C)C(=O)CNC(=O)c1cccc(NC(=O)c2cccs2)c1.